The van der Waals surface area contributed by atoms with Crippen LogP contribution in [0.4, 0.5) is 4.39 Å². The number of nitrogens with one attached hydrogen (secondary N) is 1. The van der Waals surface area contributed by atoms with Crippen LogP contribution in [0.1, 0.15) is 5.56 Å². The minimum Gasteiger partial charge on any atom is -0.492 e. The fraction of sp³-hybridized carbons (Fsp3) is 0.500. The van der Waals surface area contributed by atoms with Crippen molar-refractivity contribution < 1.29 is 13.9 Å². The van der Waals surface area contributed by atoms with Crippen LogP contribution in [0, 0.1) is 12.7 Å². The molecule has 1 N–H and O–H groups in total. The van der Waals surface area contributed by atoms with Crippen LogP contribution >= 0.6 is 0 Å². The van der Waals surface area contributed by atoms with Gasteiger partial charge in [0.15, 0.2) is 0 Å². The maximum atomic E-state index is 12.8. The molecule has 1 unspecified atom stereocenters. The number of likely N-dealkylation sites (N-methyl/N-ethyl adjacent to an activating group) is 1. The van der Waals surface area contributed by atoms with E-state index in [2.05, 4.69) is 5.32 Å². The SMILES string of the molecule is CNC(COC)COc1ccc(F)cc1C. The van der Waals surface area contributed by atoms with Gasteiger partial charge < -0.3 is 14.8 Å². The topological polar surface area (TPSA) is 30.5 Å². The van der Waals surface area contributed by atoms with Gasteiger partial charge in [-0.2, -0.15) is 0 Å². The highest BCUT2D eigenvalue weighted by Gasteiger charge is 2.07. The molecule has 0 fully saturated rings. The highest BCUT2D eigenvalue weighted by molar-refractivity contribution is 5.32. The predicted octanol–water partition coefficient (Wildman–Crippen LogP) is 1.75. The van der Waals surface area contributed by atoms with Crippen molar-refractivity contribution in [2.24, 2.45) is 0 Å². The molecule has 4 heteroatoms. The largest absolute Gasteiger partial charge is 0.492 e. The molecule has 0 aliphatic rings. The normalized spacial score (nSPS) is 12.5. The highest BCUT2D eigenvalue weighted by Crippen LogP contribution is 2.18. The first-order valence-corrected chi connectivity index (χ1v) is 5.22. The van der Waals surface area contributed by atoms with E-state index in [0.29, 0.717) is 19.0 Å². The molecule has 0 heterocycles. The van der Waals surface area contributed by atoms with Gasteiger partial charge in [-0.25, -0.2) is 4.39 Å². The molecule has 1 rings (SSSR count). The number of hydrogen-bond acceptors (Lipinski definition) is 3. The summed E-state index contributed by atoms with van der Waals surface area (Å²) in [5.41, 5.74) is 0.798. The molecular formula is C12H18FNO2. The average molecular weight is 227 g/mol. The van der Waals surface area contributed by atoms with Crippen LogP contribution in [0.15, 0.2) is 18.2 Å². The molecule has 0 aliphatic carbocycles. The van der Waals surface area contributed by atoms with Gasteiger partial charge in [0.25, 0.3) is 0 Å². The summed E-state index contributed by atoms with van der Waals surface area (Å²) in [6.07, 6.45) is 0. The molecular weight excluding hydrogens is 209 g/mol. The van der Waals surface area contributed by atoms with Crippen molar-refractivity contribution in [1.29, 1.82) is 0 Å². The lowest BCUT2D eigenvalue weighted by atomic mass is 10.2. The summed E-state index contributed by atoms with van der Waals surface area (Å²) in [5, 5.41) is 3.08. The Hall–Kier alpha value is -1.13. The molecule has 3 nitrogen and oxygen atoms in total. The zero-order valence-corrected chi connectivity index (χ0v) is 9.92. The van der Waals surface area contributed by atoms with Crippen molar-refractivity contribution >= 4 is 0 Å². The van der Waals surface area contributed by atoms with E-state index in [4.69, 9.17) is 9.47 Å². The first-order valence-electron chi connectivity index (χ1n) is 5.22. The second-order valence-electron chi connectivity index (χ2n) is 3.66. The summed E-state index contributed by atoms with van der Waals surface area (Å²) in [6.45, 7) is 2.90. The van der Waals surface area contributed by atoms with Gasteiger partial charge in [0, 0.05) is 7.11 Å². The van der Waals surface area contributed by atoms with Crippen LogP contribution in [0.25, 0.3) is 0 Å². The second kappa shape index (κ2) is 6.45. The van der Waals surface area contributed by atoms with Crippen molar-refractivity contribution in [3.8, 4) is 5.75 Å². The standard InChI is InChI=1S/C12H18FNO2/c1-9-6-10(13)4-5-12(9)16-8-11(14-2)7-15-3/h4-6,11,14H,7-8H2,1-3H3. The van der Waals surface area contributed by atoms with Crippen molar-refractivity contribution in [3.63, 3.8) is 0 Å². The third-order valence-electron chi connectivity index (χ3n) is 2.35. The zero-order valence-electron chi connectivity index (χ0n) is 9.92. The van der Waals surface area contributed by atoms with E-state index in [1.165, 1.54) is 12.1 Å². The minimum atomic E-state index is -0.244. The summed E-state index contributed by atoms with van der Waals surface area (Å²) in [6, 6.07) is 4.63. The highest BCUT2D eigenvalue weighted by atomic mass is 19.1. The lowest BCUT2D eigenvalue weighted by Gasteiger charge is -2.17. The zero-order chi connectivity index (χ0) is 12.0. The van der Waals surface area contributed by atoms with E-state index in [1.807, 2.05) is 14.0 Å². The van der Waals surface area contributed by atoms with Gasteiger partial charge in [-0.3, -0.25) is 0 Å². The maximum absolute atomic E-state index is 12.8. The number of halogens is 1. The smallest absolute Gasteiger partial charge is 0.123 e. The summed E-state index contributed by atoms with van der Waals surface area (Å²) in [4.78, 5) is 0. The van der Waals surface area contributed by atoms with Gasteiger partial charge >= 0.3 is 0 Å². The number of rotatable bonds is 6. The first-order chi connectivity index (χ1) is 7.67. The monoisotopic (exact) mass is 227 g/mol. The Bertz CT molecular complexity index is 331. The van der Waals surface area contributed by atoms with E-state index in [9.17, 15) is 4.39 Å². The van der Waals surface area contributed by atoms with Crippen LogP contribution < -0.4 is 10.1 Å². The molecule has 90 valence electrons. The van der Waals surface area contributed by atoms with Crippen molar-refractivity contribution in [2.75, 3.05) is 27.4 Å². The van der Waals surface area contributed by atoms with Crippen LogP contribution in [-0.4, -0.2) is 33.4 Å². The minimum absolute atomic E-state index is 0.134. The van der Waals surface area contributed by atoms with Gasteiger partial charge in [-0.1, -0.05) is 0 Å². The maximum Gasteiger partial charge on any atom is 0.123 e. The van der Waals surface area contributed by atoms with Gasteiger partial charge in [0.1, 0.15) is 18.2 Å². The van der Waals surface area contributed by atoms with E-state index in [0.717, 1.165) is 5.56 Å². The Morgan fingerprint density at radius 1 is 1.38 bits per heavy atom. The van der Waals surface area contributed by atoms with E-state index in [-0.39, 0.29) is 11.9 Å². The molecule has 0 saturated heterocycles. The van der Waals surface area contributed by atoms with E-state index < -0.39 is 0 Å². The Kier molecular flexibility index (Phi) is 5.22. The number of methoxy groups -OCH3 is 1. The summed E-state index contributed by atoms with van der Waals surface area (Å²) in [5.74, 6) is 0.463. The Morgan fingerprint density at radius 2 is 2.12 bits per heavy atom. The number of benzene rings is 1. The lowest BCUT2D eigenvalue weighted by Crippen LogP contribution is -2.35. The summed E-state index contributed by atoms with van der Waals surface area (Å²) < 4.78 is 23.5. The predicted molar refractivity (Wildman–Crippen MR) is 61.4 cm³/mol. The second-order valence-corrected chi connectivity index (χ2v) is 3.66. The van der Waals surface area contributed by atoms with Gasteiger partial charge in [0.05, 0.1) is 12.6 Å². The summed E-state index contributed by atoms with van der Waals surface area (Å²) in [7, 11) is 3.50. The number of aryl methyl sites for hydroxylation is 1. The van der Waals surface area contributed by atoms with E-state index >= 15 is 0 Å². The summed E-state index contributed by atoms with van der Waals surface area (Å²) >= 11 is 0. The van der Waals surface area contributed by atoms with Crippen molar-refractivity contribution in [2.45, 2.75) is 13.0 Å². The Morgan fingerprint density at radius 3 is 2.69 bits per heavy atom. The molecule has 0 aliphatic heterocycles. The Balaban J connectivity index is 2.53. The molecule has 1 atom stereocenters. The van der Waals surface area contributed by atoms with Crippen LogP contribution in [-0.2, 0) is 4.74 Å². The molecule has 0 radical (unpaired) electrons. The number of ether oxygens (including phenoxy) is 2. The van der Waals surface area contributed by atoms with Crippen LogP contribution in [0.5, 0.6) is 5.75 Å². The molecule has 0 saturated carbocycles. The molecule has 0 aromatic heterocycles. The van der Waals surface area contributed by atoms with Crippen LogP contribution in [0.3, 0.4) is 0 Å². The van der Waals surface area contributed by atoms with Crippen molar-refractivity contribution in [1.82, 2.24) is 5.32 Å². The fourth-order valence-corrected chi connectivity index (χ4v) is 1.38. The Labute approximate surface area is 95.6 Å². The third-order valence-corrected chi connectivity index (χ3v) is 2.35. The third kappa shape index (κ3) is 3.79. The molecule has 0 spiro atoms. The molecule has 0 bridgehead atoms. The molecule has 0 amide bonds. The average Bonchev–Trinajstić information content (AvgIpc) is 2.26. The van der Waals surface area contributed by atoms with Gasteiger partial charge in [0.2, 0.25) is 0 Å². The quantitative estimate of drug-likeness (QED) is 0.803. The van der Waals surface area contributed by atoms with Crippen molar-refractivity contribution in [3.05, 3.63) is 29.6 Å². The number of hydrogen-bond donors (Lipinski definition) is 1. The van der Waals surface area contributed by atoms with Gasteiger partial charge in [-0.05, 0) is 37.7 Å². The molecule has 1 aromatic rings. The first kappa shape index (κ1) is 12.9. The van der Waals surface area contributed by atoms with Crippen LogP contribution in [0.2, 0.25) is 0 Å². The van der Waals surface area contributed by atoms with E-state index in [1.54, 1.807) is 13.2 Å². The molecule has 16 heavy (non-hydrogen) atoms. The van der Waals surface area contributed by atoms with Gasteiger partial charge in [-0.15, -0.1) is 0 Å². The lowest BCUT2D eigenvalue weighted by molar-refractivity contribution is 0.139. The molecule has 1 aromatic carbocycles. The fourth-order valence-electron chi connectivity index (χ4n) is 1.38.